The summed E-state index contributed by atoms with van der Waals surface area (Å²) in [4.78, 5) is 67.7. The summed E-state index contributed by atoms with van der Waals surface area (Å²) in [5.41, 5.74) is -1.01. The summed E-state index contributed by atoms with van der Waals surface area (Å²) < 4.78 is 22.4. The molecule has 0 spiro atoms. The highest BCUT2D eigenvalue weighted by molar-refractivity contribution is 5.93. The van der Waals surface area contributed by atoms with E-state index in [4.69, 9.17) is 18.9 Å². The van der Waals surface area contributed by atoms with E-state index < -0.39 is 53.4 Å². The molecule has 3 atom stereocenters. The van der Waals surface area contributed by atoms with Crippen molar-refractivity contribution in [3.8, 4) is 0 Å². The second-order valence-electron chi connectivity index (χ2n) is 14.3. The molecule has 0 saturated heterocycles. The Morgan fingerprint density at radius 3 is 1.80 bits per heavy atom. The van der Waals surface area contributed by atoms with Gasteiger partial charge in [0, 0.05) is 39.5 Å². The molecule has 274 valence electrons. The number of rotatable bonds is 11. The predicted molar refractivity (Wildman–Crippen MR) is 185 cm³/mol. The Morgan fingerprint density at radius 2 is 1.28 bits per heavy atom. The summed E-state index contributed by atoms with van der Waals surface area (Å²) in [7, 11) is 2.78. The maximum Gasteiger partial charge on any atom is 0.430 e. The molecule has 0 aliphatic heterocycles. The van der Waals surface area contributed by atoms with Crippen molar-refractivity contribution < 1.29 is 42.9 Å². The lowest BCUT2D eigenvalue weighted by atomic mass is 10.1. The number of carbonyl (C=O) groups is 5. The first-order valence-corrected chi connectivity index (χ1v) is 16.8. The number of hydrazine groups is 2. The molecule has 13 heteroatoms. The average molecular weight is 697 g/mol. The van der Waals surface area contributed by atoms with Gasteiger partial charge in [0.1, 0.15) is 12.2 Å². The number of hydrogen-bond donors (Lipinski definition) is 0. The summed E-state index contributed by atoms with van der Waals surface area (Å²) in [6.07, 6.45) is -3.81. The van der Waals surface area contributed by atoms with E-state index in [2.05, 4.69) is 0 Å². The van der Waals surface area contributed by atoms with Gasteiger partial charge in [0.25, 0.3) is 5.91 Å². The van der Waals surface area contributed by atoms with Gasteiger partial charge < -0.3 is 18.9 Å². The molecule has 0 aromatic heterocycles. The van der Waals surface area contributed by atoms with Crippen LogP contribution in [0.1, 0.15) is 78.9 Å². The maximum absolute atomic E-state index is 14.5. The summed E-state index contributed by atoms with van der Waals surface area (Å²) >= 11 is 0. The first kappa shape index (κ1) is 39.6. The van der Waals surface area contributed by atoms with Crippen LogP contribution in [0.2, 0.25) is 0 Å². The number of ether oxygens (including phenoxy) is 4. The number of benzene rings is 2. The van der Waals surface area contributed by atoms with Crippen LogP contribution in [0, 0.1) is 11.8 Å². The molecule has 1 saturated carbocycles. The number of amides is 4. The molecule has 1 aliphatic rings. The first-order valence-electron chi connectivity index (χ1n) is 16.8. The molecule has 4 amide bonds. The van der Waals surface area contributed by atoms with Crippen LogP contribution in [0.3, 0.4) is 0 Å². The lowest BCUT2D eigenvalue weighted by molar-refractivity contribution is -0.161. The van der Waals surface area contributed by atoms with Crippen molar-refractivity contribution in [2.75, 3.05) is 27.2 Å². The molecule has 0 radical (unpaired) electrons. The van der Waals surface area contributed by atoms with Gasteiger partial charge in [-0.2, -0.15) is 0 Å². The largest absolute Gasteiger partial charge is 0.458 e. The summed E-state index contributed by atoms with van der Waals surface area (Å²) in [5.74, 6) is -2.18. The van der Waals surface area contributed by atoms with Crippen molar-refractivity contribution in [2.24, 2.45) is 11.8 Å². The Bertz CT molecular complexity index is 1480. The number of carbonyl (C=O) groups excluding carboxylic acids is 5. The standard InChI is InChI=1S/C37H52N4O9/c1-25(2)22-40(34(45)48-27(5)31(42)47-24-28-17-13-11-14-18-28)38(9)32(43)37(21-30(37)29-19-15-12-16-20-29)50-35(46)41(23-26(3)4)39(10)33(44)49-36(6,7)8/h11-20,25-27,30H,21-24H2,1-10H3/t27-,30+,37+/m1/s1. The third-order valence-corrected chi connectivity index (χ3v) is 7.75. The summed E-state index contributed by atoms with van der Waals surface area (Å²) in [6, 6.07) is 18.2. The SMILES string of the molecule is CC(C)CN(C(=O)O[C@@]1(C(=O)N(C)N(CC(C)C)C(=O)O[C@H](C)C(=O)OCc2ccccc2)C[C@H]1c1ccccc1)N(C)C(=O)OC(C)(C)C. The van der Waals surface area contributed by atoms with E-state index in [1.165, 1.54) is 21.0 Å². The molecular formula is C37H52N4O9. The van der Waals surface area contributed by atoms with Crippen molar-refractivity contribution in [1.29, 1.82) is 0 Å². The third-order valence-electron chi connectivity index (χ3n) is 7.75. The van der Waals surface area contributed by atoms with Gasteiger partial charge in [0.05, 0.1) is 0 Å². The average Bonchev–Trinajstić information content (AvgIpc) is 3.78. The Balaban J connectivity index is 1.87. The van der Waals surface area contributed by atoms with E-state index in [-0.39, 0.29) is 38.0 Å². The zero-order valence-electron chi connectivity index (χ0n) is 30.9. The second kappa shape index (κ2) is 16.7. The van der Waals surface area contributed by atoms with Gasteiger partial charge in [0.15, 0.2) is 6.10 Å². The maximum atomic E-state index is 14.5. The molecule has 0 bridgehead atoms. The number of likely N-dealkylation sites (N-methyl/N-ethyl adjacent to an activating group) is 1. The molecular weight excluding hydrogens is 644 g/mol. The van der Waals surface area contributed by atoms with E-state index >= 15 is 0 Å². The summed E-state index contributed by atoms with van der Waals surface area (Å²) in [5, 5.41) is 4.31. The molecule has 0 unspecified atom stereocenters. The van der Waals surface area contributed by atoms with E-state index in [0.29, 0.717) is 0 Å². The van der Waals surface area contributed by atoms with Gasteiger partial charge in [-0.3, -0.25) is 4.79 Å². The molecule has 2 aromatic rings. The van der Waals surface area contributed by atoms with E-state index in [1.54, 1.807) is 32.9 Å². The first-order chi connectivity index (χ1) is 23.4. The second-order valence-corrected chi connectivity index (χ2v) is 14.3. The van der Waals surface area contributed by atoms with Crippen LogP contribution < -0.4 is 0 Å². The molecule has 0 N–H and O–H groups in total. The number of hydrogen-bond acceptors (Lipinski definition) is 9. The minimum Gasteiger partial charge on any atom is -0.458 e. The molecule has 0 heterocycles. The smallest absolute Gasteiger partial charge is 0.430 e. The lowest BCUT2D eigenvalue weighted by Gasteiger charge is -2.37. The minimum atomic E-state index is -1.72. The van der Waals surface area contributed by atoms with Crippen molar-refractivity contribution >= 4 is 30.2 Å². The number of nitrogens with zero attached hydrogens (tertiary/aromatic N) is 4. The fourth-order valence-corrected chi connectivity index (χ4v) is 5.17. The van der Waals surface area contributed by atoms with Gasteiger partial charge in [0.2, 0.25) is 5.60 Å². The van der Waals surface area contributed by atoms with E-state index in [1.807, 2.05) is 76.2 Å². The topological polar surface area (TPSA) is 135 Å². The van der Waals surface area contributed by atoms with Crippen LogP contribution in [-0.2, 0) is 35.1 Å². The van der Waals surface area contributed by atoms with Gasteiger partial charge in [-0.15, -0.1) is 0 Å². The minimum absolute atomic E-state index is 0.00135. The molecule has 3 rings (SSSR count). The van der Waals surface area contributed by atoms with Gasteiger partial charge in [-0.25, -0.2) is 39.2 Å². The van der Waals surface area contributed by atoms with Crippen molar-refractivity contribution in [1.82, 2.24) is 20.0 Å². The number of esters is 1. The van der Waals surface area contributed by atoms with Crippen LogP contribution in [0.25, 0.3) is 0 Å². The lowest BCUT2D eigenvalue weighted by Crippen LogP contribution is -2.56. The van der Waals surface area contributed by atoms with Crippen molar-refractivity contribution in [3.63, 3.8) is 0 Å². The Labute approximate surface area is 295 Å². The van der Waals surface area contributed by atoms with Crippen LogP contribution >= 0.6 is 0 Å². The third kappa shape index (κ3) is 10.6. The highest BCUT2D eigenvalue weighted by Crippen LogP contribution is 2.55. The monoisotopic (exact) mass is 696 g/mol. The molecule has 2 aromatic carbocycles. The Kier molecular flexibility index (Phi) is 13.3. The quantitative estimate of drug-likeness (QED) is 0.149. The zero-order valence-corrected chi connectivity index (χ0v) is 30.9. The van der Waals surface area contributed by atoms with Crippen LogP contribution in [-0.4, -0.2) is 94.7 Å². The van der Waals surface area contributed by atoms with Crippen molar-refractivity contribution in [2.45, 2.75) is 91.6 Å². The van der Waals surface area contributed by atoms with Crippen LogP contribution in [0.4, 0.5) is 14.4 Å². The molecule has 1 aliphatic carbocycles. The van der Waals surface area contributed by atoms with Crippen LogP contribution in [0.15, 0.2) is 60.7 Å². The normalized spacial score (nSPS) is 17.3. The Hall–Kier alpha value is -4.81. The fraction of sp³-hybridized carbons (Fsp3) is 0.541. The Morgan fingerprint density at radius 1 is 0.760 bits per heavy atom. The zero-order chi connectivity index (χ0) is 37.4. The highest BCUT2D eigenvalue weighted by Gasteiger charge is 2.66. The molecule has 1 fully saturated rings. The van der Waals surface area contributed by atoms with Gasteiger partial charge >= 0.3 is 24.2 Å². The van der Waals surface area contributed by atoms with E-state index in [9.17, 15) is 24.0 Å². The molecule has 13 nitrogen and oxygen atoms in total. The highest BCUT2D eigenvalue weighted by atomic mass is 16.6. The van der Waals surface area contributed by atoms with Crippen LogP contribution in [0.5, 0.6) is 0 Å². The molecule has 50 heavy (non-hydrogen) atoms. The fourth-order valence-electron chi connectivity index (χ4n) is 5.17. The van der Waals surface area contributed by atoms with Gasteiger partial charge in [-0.05, 0) is 50.7 Å². The van der Waals surface area contributed by atoms with E-state index in [0.717, 1.165) is 31.2 Å². The predicted octanol–water partition coefficient (Wildman–Crippen LogP) is 6.39. The van der Waals surface area contributed by atoms with Gasteiger partial charge in [-0.1, -0.05) is 88.4 Å². The van der Waals surface area contributed by atoms with Crippen molar-refractivity contribution in [3.05, 3.63) is 71.8 Å². The summed E-state index contributed by atoms with van der Waals surface area (Å²) in [6.45, 7) is 14.1.